The zero-order chi connectivity index (χ0) is 15.3. The molecule has 0 fully saturated rings. The molecule has 1 aromatic heterocycles. The van der Waals surface area contributed by atoms with Crippen molar-refractivity contribution in [3.05, 3.63) is 29.6 Å². The molecule has 6 nitrogen and oxygen atoms in total. The van der Waals surface area contributed by atoms with Crippen LogP contribution < -0.4 is 5.32 Å². The van der Waals surface area contributed by atoms with E-state index in [-0.39, 0.29) is 18.2 Å². The molecule has 21 heavy (non-hydrogen) atoms. The number of amides is 1. The number of hydrogen-bond acceptors (Lipinski definition) is 5. The lowest BCUT2D eigenvalue weighted by Gasteiger charge is -2.06. The number of pyridine rings is 1. The van der Waals surface area contributed by atoms with Gasteiger partial charge in [0.05, 0.1) is 32.0 Å². The quantitative estimate of drug-likeness (QED) is 0.529. The van der Waals surface area contributed by atoms with Crippen molar-refractivity contribution in [3.63, 3.8) is 0 Å². The Bertz CT molecular complexity index is 494. The lowest BCUT2D eigenvalue weighted by atomic mass is 10.2. The summed E-state index contributed by atoms with van der Waals surface area (Å²) in [7, 11) is 1.60. The van der Waals surface area contributed by atoms with Crippen LogP contribution in [0.3, 0.4) is 0 Å². The van der Waals surface area contributed by atoms with E-state index in [1.807, 2.05) is 0 Å². The second-order valence-electron chi connectivity index (χ2n) is 4.04. The number of carbonyl (C=O) groups is 1. The van der Waals surface area contributed by atoms with Crippen LogP contribution in [0, 0.1) is 11.8 Å². The van der Waals surface area contributed by atoms with Crippen LogP contribution in [0.5, 0.6) is 0 Å². The zero-order valence-corrected chi connectivity index (χ0v) is 12.1. The highest BCUT2D eigenvalue weighted by Crippen LogP contribution is 2.03. The van der Waals surface area contributed by atoms with Gasteiger partial charge in [-0.15, -0.1) is 0 Å². The largest absolute Gasteiger partial charge is 0.395 e. The number of rotatable bonds is 8. The van der Waals surface area contributed by atoms with E-state index in [1.165, 1.54) is 0 Å². The minimum Gasteiger partial charge on any atom is -0.395 e. The lowest BCUT2D eigenvalue weighted by molar-refractivity contribution is 0.0691. The smallest absolute Gasteiger partial charge is 0.271 e. The molecule has 0 saturated heterocycles. The van der Waals surface area contributed by atoms with Crippen LogP contribution in [0.1, 0.15) is 22.5 Å². The fraction of sp³-hybridized carbons (Fsp3) is 0.467. The van der Waals surface area contributed by atoms with Gasteiger partial charge in [-0.1, -0.05) is 11.8 Å². The minimum atomic E-state index is -0.292. The fourth-order valence-corrected chi connectivity index (χ4v) is 1.47. The molecule has 114 valence electrons. The molecule has 0 aliphatic rings. The van der Waals surface area contributed by atoms with Gasteiger partial charge in [0, 0.05) is 26.3 Å². The van der Waals surface area contributed by atoms with Gasteiger partial charge < -0.3 is 19.9 Å². The Balaban J connectivity index is 2.48. The number of ether oxygens (including phenoxy) is 2. The third-order valence-corrected chi connectivity index (χ3v) is 2.45. The van der Waals surface area contributed by atoms with Gasteiger partial charge in [-0.2, -0.15) is 0 Å². The number of nitrogens with zero attached hydrogens (tertiary/aromatic N) is 1. The predicted molar refractivity (Wildman–Crippen MR) is 77.8 cm³/mol. The van der Waals surface area contributed by atoms with E-state index in [4.69, 9.17) is 14.6 Å². The Morgan fingerprint density at radius 2 is 2.29 bits per heavy atom. The van der Waals surface area contributed by atoms with E-state index in [0.29, 0.717) is 38.3 Å². The summed E-state index contributed by atoms with van der Waals surface area (Å²) >= 11 is 0. The van der Waals surface area contributed by atoms with Crippen LogP contribution in [-0.2, 0) is 9.47 Å². The maximum atomic E-state index is 12.0. The second kappa shape index (κ2) is 10.8. The summed E-state index contributed by atoms with van der Waals surface area (Å²) in [6, 6.07) is 3.44. The molecule has 0 unspecified atom stereocenters. The first-order chi connectivity index (χ1) is 10.3. The number of aliphatic hydroxyl groups excluding tert-OH is 1. The summed E-state index contributed by atoms with van der Waals surface area (Å²) in [5, 5.41) is 11.4. The molecule has 1 rings (SSSR count). The highest BCUT2D eigenvalue weighted by atomic mass is 16.5. The van der Waals surface area contributed by atoms with E-state index >= 15 is 0 Å². The van der Waals surface area contributed by atoms with E-state index < -0.39 is 0 Å². The van der Waals surface area contributed by atoms with Crippen molar-refractivity contribution in [1.82, 2.24) is 10.3 Å². The Morgan fingerprint density at radius 1 is 1.43 bits per heavy atom. The van der Waals surface area contributed by atoms with E-state index in [2.05, 4.69) is 22.1 Å². The minimum absolute atomic E-state index is 0.00634. The van der Waals surface area contributed by atoms with Crippen LogP contribution >= 0.6 is 0 Å². The third kappa shape index (κ3) is 6.86. The van der Waals surface area contributed by atoms with Crippen molar-refractivity contribution < 1.29 is 19.4 Å². The molecule has 0 aliphatic carbocycles. The van der Waals surface area contributed by atoms with Crippen molar-refractivity contribution in [1.29, 1.82) is 0 Å². The molecule has 1 amide bonds. The molecule has 1 heterocycles. The first kappa shape index (κ1) is 17.1. The normalized spacial score (nSPS) is 9.81. The van der Waals surface area contributed by atoms with Crippen LogP contribution in [0.15, 0.2) is 18.3 Å². The molecule has 0 bridgehead atoms. The number of methoxy groups -OCH3 is 1. The third-order valence-electron chi connectivity index (χ3n) is 2.45. The predicted octanol–water partition coefficient (Wildman–Crippen LogP) is 0.208. The summed E-state index contributed by atoms with van der Waals surface area (Å²) in [4.78, 5) is 16.1. The average Bonchev–Trinajstić information content (AvgIpc) is 2.51. The standard InChI is InChI=1S/C15H20N2O4/c1-20-11-12-21-10-8-17-15(19)14-13(5-2-3-9-18)6-4-7-16-14/h4,6-7,18H,3,8-12H2,1H3,(H,17,19). The van der Waals surface area contributed by atoms with Gasteiger partial charge in [0.25, 0.3) is 5.91 Å². The molecule has 2 N–H and O–H groups in total. The summed E-state index contributed by atoms with van der Waals surface area (Å²) in [5.74, 6) is 5.32. The first-order valence-electron chi connectivity index (χ1n) is 6.69. The number of hydrogen-bond donors (Lipinski definition) is 2. The molecular formula is C15H20N2O4. The van der Waals surface area contributed by atoms with Gasteiger partial charge in [0.2, 0.25) is 0 Å². The highest BCUT2D eigenvalue weighted by molar-refractivity contribution is 5.94. The summed E-state index contributed by atoms with van der Waals surface area (Å²) in [5.41, 5.74) is 0.823. The van der Waals surface area contributed by atoms with Crippen molar-refractivity contribution >= 4 is 5.91 Å². The molecule has 6 heteroatoms. The highest BCUT2D eigenvalue weighted by Gasteiger charge is 2.10. The topological polar surface area (TPSA) is 80.7 Å². The maximum Gasteiger partial charge on any atom is 0.271 e. The Hall–Kier alpha value is -1.94. The Kier molecular flexibility index (Phi) is 8.80. The zero-order valence-electron chi connectivity index (χ0n) is 12.1. The van der Waals surface area contributed by atoms with Gasteiger partial charge in [-0.3, -0.25) is 4.79 Å². The van der Waals surface area contributed by atoms with Gasteiger partial charge in [-0.05, 0) is 12.1 Å². The van der Waals surface area contributed by atoms with E-state index in [1.54, 1.807) is 25.4 Å². The molecule has 0 aromatic carbocycles. The van der Waals surface area contributed by atoms with Gasteiger partial charge in [0.1, 0.15) is 5.69 Å². The molecule has 1 aromatic rings. The Labute approximate surface area is 124 Å². The lowest BCUT2D eigenvalue weighted by Crippen LogP contribution is -2.29. The fourth-order valence-electron chi connectivity index (χ4n) is 1.47. The average molecular weight is 292 g/mol. The van der Waals surface area contributed by atoms with Crippen molar-refractivity contribution in [2.24, 2.45) is 0 Å². The molecule has 0 aliphatic heterocycles. The molecular weight excluding hydrogens is 272 g/mol. The van der Waals surface area contributed by atoms with Crippen LogP contribution in [0.25, 0.3) is 0 Å². The molecule has 0 saturated carbocycles. The van der Waals surface area contributed by atoms with Crippen molar-refractivity contribution in [3.8, 4) is 11.8 Å². The Morgan fingerprint density at radius 3 is 3.05 bits per heavy atom. The monoisotopic (exact) mass is 292 g/mol. The molecule has 0 radical (unpaired) electrons. The van der Waals surface area contributed by atoms with Crippen LogP contribution in [0.4, 0.5) is 0 Å². The van der Waals surface area contributed by atoms with E-state index in [0.717, 1.165) is 0 Å². The number of aliphatic hydroxyl groups is 1. The first-order valence-corrected chi connectivity index (χ1v) is 6.69. The molecule has 0 atom stereocenters. The van der Waals surface area contributed by atoms with Crippen molar-refractivity contribution in [2.45, 2.75) is 6.42 Å². The van der Waals surface area contributed by atoms with Crippen LogP contribution in [0.2, 0.25) is 0 Å². The number of nitrogens with one attached hydrogen (secondary N) is 1. The maximum absolute atomic E-state index is 12.0. The SMILES string of the molecule is COCCOCCNC(=O)c1ncccc1C#CCCO. The molecule has 0 spiro atoms. The van der Waals surface area contributed by atoms with Crippen LogP contribution in [-0.4, -0.2) is 56.1 Å². The second-order valence-corrected chi connectivity index (χ2v) is 4.04. The summed E-state index contributed by atoms with van der Waals surface area (Å²) in [6.45, 7) is 1.82. The van der Waals surface area contributed by atoms with E-state index in [9.17, 15) is 4.79 Å². The van der Waals surface area contributed by atoms with Gasteiger partial charge >= 0.3 is 0 Å². The van der Waals surface area contributed by atoms with Gasteiger partial charge in [-0.25, -0.2) is 4.98 Å². The number of carbonyl (C=O) groups excluding carboxylic acids is 1. The van der Waals surface area contributed by atoms with Crippen molar-refractivity contribution in [2.75, 3.05) is 40.1 Å². The summed E-state index contributed by atoms with van der Waals surface area (Å²) in [6.07, 6.45) is 1.91. The van der Waals surface area contributed by atoms with Gasteiger partial charge in [0.15, 0.2) is 0 Å². The summed E-state index contributed by atoms with van der Waals surface area (Å²) < 4.78 is 10.1. The number of aromatic nitrogens is 1.